The molecule has 0 spiro atoms. The molecule has 0 bridgehead atoms. The number of hydrogen-bond donors (Lipinski definition) is 2. The van der Waals surface area contributed by atoms with Crippen LogP contribution in [0.1, 0.15) is 50.7 Å². The highest BCUT2D eigenvalue weighted by atomic mass is 14.6. The molecule has 0 saturated carbocycles. The lowest BCUT2D eigenvalue weighted by Gasteiger charge is -2.15. The zero-order valence-corrected chi connectivity index (χ0v) is 9.46. The maximum Gasteiger partial charge on any atom is 0.0353 e. The molecule has 4 N–H and O–H groups in total. The molecular weight excluding hydrogens is 172 g/mol. The minimum atomic E-state index is 0.429. The molecule has 0 aromatic heterocycles. The van der Waals surface area contributed by atoms with Crippen molar-refractivity contribution in [3.05, 3.63) is 23.3 Å². The third-order valence-electron chi connectivity index (χ3n) is 2.53. The molecule has 0 unspecified atom stereocenters. The molecule has 0 aliphatic rings. The molecule has 78 valence electrons. The topological polar surface area (TPSA) is 52.0 Å². The Balaban J connectivity index is 3.24. The highest BCUT2D eigenvalue weighted by Crippen LogP contribution is 2.30. The van der Waals surface area contributed by atoms with Gasteiger partial charge < -0.3 is 11.5 Å². The fourth-order valence-electron chi connectivity index (χ4n) is 1.67. The van der Waals surface area contributed by atoms with Crippen LogP contribution in [-0.2, 0) is 0 Å². The van der Waals surface area contributed by atoms with Gasteiger partial charge in [0.1, 0.15) is 0 Å². The highest BCUT2D eigenvalue weighted by Gasteiger charge is 2.10. The number of benzene rings is 1. The van der Waals surface area contributed by atoms with E-state index in [1.165, 1.54) is 0 Å². The van der Waals surface area contributed by atoms with E-state index in [1.807, 2.05) is 12.1 Å². The second-order valence-corrected chi connectivity index (χ2v) is 4.42. The number of hydrogen-bond acceptors (Lipinski definition) is 2. The first-order valence-electron chi connectivity index (χ1n) is 5.12. The molecule has 1 rings (SSSR count). The monoisotopic (exact) mass is 192 g/mol. The lowest BCUT2D eigenvalue weighted by atomic mass is 9.94. The number of anilines is 2. The van der Waals surface area contributed by atoms with Gasteiger partial charge in [0, 0.05) is 11.4 Å². The molecule has 2 nitrogen and oxygen atoms in total. The number of rotatable bonds is 2. The van der Waals surface area contributed by atoms with Crippen molar-refractivity contribution < 1.29 is 0 Å². The Morgan fingerprint density at radius 2 is 1.07 bits per heavy atom. The molecule has 0 aliphatic heterocycles. The lowest BCUT2D eigenvalue weighted by molar-refractivity contribution is 0.851. The Labute approximate surface area is 86.3 Å². The molecule has 0 atom stereocenters. The van der Waals surface area contributed by atoms with E-state index in [0.29, 0.717) is 11.8 Å². The Hall–Kier alpha value is -1.18. The molecule has 0 radical (unpaired) electrons. The fraction of sp³-hybridized carbons (Fsp3) is 0.500. The summed E-state index contributed by atoms with van der Waals surface area (Å²) >= 11 is 0. The van der Waals surface area contributed by atoms with Crippen molar-refractivity contribution >= 4 is 11.4 Å². The van der Waals surface area contributed by atoms with Crippen LogP contribution in [0, 0.1) is 0 Å². The predicted octanol–water partition coefficient (Wildman–Crippen LogP) is 3.10. The van der Waals surface area contributed by atoms with Crippen molar-refractivity contribution in [1.82, 2.24) is 0 Å². The van der Waals surface area contributed by atoms with Gasteiger partial charge >= 0.3 is 0 Å². The van der Waals surface area contributed by atoms with Gasteiger partial charge in [-0.15, -0.1) is 0 Å². The van der Waals surface area contributed by atoms with Crippen LogP contribution >= 0.6 is 0 Å². The van der Waals surface area contributed by atoms with Crippen molar-refractivity contribution in [2.45, 2.75) is 39.5 Å². The molecule has 0 saturated heterocycles. The van der Waals surface area contributed by atoms with Crippen molar-refractivity contribution in [3.8, 4) is 0 Å². The first-order chi connectivity index (χ1) is 6.43. The third-order valence-corrected chi connectivity index (χ3v) is 2.53. The Morgan fingerprint density at radius 3 is 1.29 bits per heavy atom. The summed E-state index contributed by atoms with van der Waals surface area (Å²) in [4.78, 5) is 0. The summed E-state index contributed by atoms with van der Waals surface area (Å²) in [6.07, 6.45) is 0. The van der Waals surface area contributed by atoms with Crippen molar-refractivity contribution in [2.24, 2.45) is 0 Å². The van der Waals surface area contributed by atoms with E-state index in [1.54, 1.807) is 0 Å². The van der Waals surface area contributed by atoms with Crippen LogP contribution in [0.25, 0.3) is 0 Å². The van der Waals surface area contributed by atoms with Crippen LogP contribution < -0.4 is 11.5 Å². The van der Waals surface area contributed by atoms with Crippen LogP contribution in [0.15, 0.2) is 12.1 Å². The van der Waals surface area contributed by atoms with E-state index < -0.39 is 0 Å². The molecule has 0 fully saturated rings. The second-order valence-electron chi connectivity index (χ2n) is 4.42. The Morgan fingerprint density at radius 1 is 0.786 bits per heavy atom. The van der Waals surface area contributed by atoms with Gasteiger partial charge in [-0.05, 0) is 35.1 Å². The van der Waals surface area contributed by atoms with Crippen LogP contribution in [0.3, 0.4) is 0 Å². The first kappa shape index (κ1) is 10.9. The predicted molar refractivity (Wildman–Crippen MR) is 63.4 cm³/mol. The van der Waals surface area contributed by atoms with E-state index in [0.717, 1.165) is 22.5 Å². The minimum absolute atomic E-state index is 0.429. The number of nitrogen functional groups attached to an aromatic ring is 2. The van der Waals surface area contributed by atoms with E-state index in [2.05, 4.69) is 27.7 Å². The van der Waals surface area contributed by atoms with Gasteiger partial charge in [-0.2, -0.15) is 0 Å². The highest BCUT2D eigenvalue weighted by molar-refractivity contribution is 5.62. The standard InChI is InChI=1S/C12H20N2/c1-7(2)9-5-12(14)10(8(3)4)6-11(9)13/h5-8H,13-14H2,1-4H3. The Bertz CT molecular complexity index is 294. The summed E-state index contributed by atoms with van der Waals surface area (Å²) in [6.45, 7) is 8.50. The van der Waals surface area contributed by atoms with E-state index in [9.17, 15) is 0 Å². The van der Waals surface area contributed by atoms with Gasteiger partial charge in [-0.1, -0.05) is 27.7 Å². The summed E-state index contributed by atoms with van der Waals surface area (Å²) in [5.41, 5.74) is 16.0. The molecule has 0 amide bonds. The number of nitrogens with two attached hydrogens (primary N) is 2. The quantitative estimate of drug-likeness (QED) is 0.707. The van der Waals surface area contributed by atoms with Gasteiger partial charge in [0.25, 0.3) is 0 Å². The van der Waals surface area contributed by atoms with Gasteiger partial charge in [0.2, 0.25) is 0 Å². The van der Waals surface area contributed by atoms with Gasteiger partial charge in [-0.25, -0.2) is 0 Å². The summed E-state index contributed by atoms with van der Waals surface area (Å²) in [6, 6.07) is 4.02. The summed E-state index contributed by atoms with van der Waals surface area (Å²) in [5.74, 6) is 0.858. The van der Waals surface area contributed by atoms with E-state index in [4.69, 9.17) is 11.5 Å². The van der Waals surface area contributed by atoms with Crippen LogP contribution in [-0.4, -0.2) is 0 Å². The Kier molecular flexibility index (Phi) is 3.04. The molecular formula is C12H20N2. The van der Waals surface area contributed by atoms with Gasteiger partial charge in [-0.3, -0.25) is 0 Å². The molecule has 0 aliphatic carbocycles. The molecule has 14 heavy (non-hydrogen) atoms. The van der Waals surface area contributed by atoms with E-state index >= 15 is 0 Å². The first-order valence-corrected chi connectivity index (χ1v) is 5.12. The molecule has 0 heterocycles. The minimum Gasteiger partial charge on any atom is -0.398 e. The second kappa shape index (κ2) is 3.91. The average Bonchev–Trinajstić information content (AvgIpc) is 2.07. The van der Waals surface area contributed by atoms with Crippen LogP contribution in [0.4, 0.5) is 11.4 Å². The van der Waals surface area contributed by atoms with E-state index in [-0.39, 0.29) is 0 Å². The summed E-state index contributed by atoms with van der Waals surface area (Å²) in [5, 5.41) is 0. The summed E-state index contributed by atoms with van der Waals surface area (Å²) < 4.78 is 0. The molecule has 1 aromatic carbocycles. The van der Waals surface area contributed by atoms with Gasteiger partial charge in [0.15, 0.2) is 0 Å². The van der Waals surface area contributed by atoms with Crippen molar-refractivity contribution in [3.63, 3.8) is 0 Å². The average molecular weight is 192 g/mol. The summed E-state index contributed by atoms with van der Waals surface area (Å²) in [7, 11) is 0. The maximum atomic E-state index is 5.97. The molecule has 1 aromatic rings. The zero-order chi connectivity index (χ0) is 10.9. The van der Waals surface area contributed by atoms with Crippen LogP contribution in [0.2, 0.25) is 0 Å². The van der Waals surface area contributed by atoms with Crippen LogP contribution in [0.5, 0.6) is 0 Å². The lowest BCUT2D eigenvalue weighted by Crippen LogP contribution is -2.03. The molecule has 2 heteroatoms. The third kappa shape index (κ3) is 2.00. The van der Waals surface area contributed by atoms with Crippen molar-refractivity contribution in [2.75, 3.05) is 11.5 Å². The van der Waals surface area contributed by atoms with Gasteiger partial charge in [0.05, 0.1) is 0 Å². The maximum absolute atomic E-state index is 5.97. The zero-order valence-electron chi connectivity index (χ0n) is 9.46. The largest absolute Gasteiger partial charge is 0.398 e. The normalized spacial score (nSPS) is 11.3. The SMILES string of the molecule is CC(C)c1cc(N)c(C(C)C)cc1N. The smallest absolute Gasteiger partial charge is 0.0353 e. The van der Waals surface area contributed by atoms with Crippen molar-refractivity contribution in [1.29, 1.82) is 0 Å². The fourth-order valence-corrected chi connectivity index (χ4v) is 1.67.